The summed E-state index contributed by atoms with van der Waals surface area (Å²) in [6.45, 7) is 1.47. The van der Waals surface area contributed by atoms with Crippen LogP contribution in [-0.4, -0.2) is 55.4 Å². The van der Waals surface area contributed by atoms with Crippen molar-refractivity contribution < 1.29 is 29.6 Å². The van der Waals surface area contributed by atoms with Crippen LogP contribution >= 0.6 is 0 Å². The molecule has 10 nitrogen and oxygen atoms in total. The van der Waals surface area contributed by atoms with E-state index in [2.05, 4.69) is 0 Å². The second-order valence-electron chi connectivity index (χ2n) is 5.04. The lowest BCUT2D eigenvalue weighted by Crippen LogP contribution is -2.61. The Balaban J connectivity index is 2.64. The Morgan fingerprint density at radius 1 is 1.55 bits per heavy atom. The number of ether oxygens (including phenoxy) is 2. The second kappa shape index (κ2) is 5.32. The average molecular weight is 316 g/mol. The first-order valence-corrected chi connectivity index (χ1v) is 6.37. The van der Waals surface area contributed by atoms with Gasteiger partial charge in [0.15, 0.2) is 6.10 Å². The summed E-state index contributed by atoms with van der Waals surface area (Å²) in [5, 5.41) is 29.9. The molecule has 22 heavy (non-hydrogen) atoms. The van der Waals surface area contributed by atoms with Crippen LogP contribution in [0, 0.1) is 0 Å². The van der Waals surface area contributed by atoms with E-state index >= 15 is 0 Å². The second-order valence-corrected chi connectivity index (χ2v) is 5.04. The standard InChI is InChI=1S/C12H16N2O8/c1-6(16)21-12(20)9(18)7(5-15)22-11(12,2)14-4-3-8(17)13-10(14)19/h3-4,7,9,15,18,20H,5H2,1-2H3,(H,13,17,19)/t7-,9-,11-,12+/m1/s1. The molecule has 0 spiro atoms. The van der Waals surface area contributed by atoms with E-state index < -0.39 is 47.5 Å². The smallest absolute Gasteiger partial charge is 0.330 e. The van der Waals surface area contributed by atoms with Crippen LogP contribution in [0.15, 0.2) is 21.9 Å². The molecule has 0 aliphatic carbocycles. The van der Waals surface area contributed by atoms with Crippen molar-refractivity contribution in [2.75, 3.05) is 6.61 Å². The average Bonchev–Trinajstić information content (AvgIpc) is 2.59. The minimum atomic E-state index is -2.64. The minimum absolute atomic E-state index is 0.682. The van der Waals surface area contributed by atoms with Crippen LogP contribution in [0.3, 0.4) is 0 Å². The quantitative estimate of drug-likeness (QED) is 0.345. The van der Waals surface area contributed by atoms with Gasteiger partial charge in [0.1, 0.15) is 6.10 Å². The van der Waals surface area contributed by atoms with Crippen molar-refractivity contribution in [1.29, 1.82) is 0 Å². The van der Waals surface area contributed by atoms with Crippen molar-refractivity contribution in [2.45, 2.75) is 37.6 Å². The van der Waals surface area contributed by atoms with Crippen LogP contribution in [0.25, 0.3) is 0 Å². The minimum Gasteiger partial charge on any atom is -0.425 e. The summed E-state index contributed by atoms with van der Waals surface area (Å²) in [6, 6.07) is 0.989. The number of rotatable bonds is 3. The number of carbonyl (C=O) groups is 1. The predicted octanol–water partition coefficient (Wildman–Crippen LogP) is -2.79. The summed E-state index contributed by atoms with van der Waals surface area (Å²) in [5.74, 6) is -3.58. The van der Waals surface area contributed by atoms with Gasteiger partial charge in [-0.25, -0.2) is 4.79 Å². The number of aliphatic hydroxyl groups excluding tert-OH is 2. The summed E-state index contributed by atoms with van der Waals surface area (Å²) >= 11 is 0. The van der Waals surface area contributed by atoms with Crippen molar-refractivity contribution >= 4 is 5.97 Å². The Bertz CT molecular complexity index is 697. The Kier molecular flexibility index (Phi) is 3.96. The SMILES string of the molecule is CC(=O)O[C@@]1(O)[C@H](O)[C@@H](CO)O[C@@]1(C)n1ccc(=O)[nH]c1=O. The third-order valence-corrected chi connectivity index (χ3v) is 3.56. The van der Waals surface area contributed by atoms with Gasteiger partial charge in [0.2, 0.25) is 5.72 Å². The molecule has 1 fully saturated rings. The fourth-order valence-electron chi connectivity index (χ4n) is 2.46. The molecule has 122 valence electrons. The van der Waals surface area contributed by atoms with Crippen LogP contribution in [0.4, 0.5) is 0 Å². The predicted molar refractivity (Wildman–Crippen MR) is 69.7 cm³/mol. The van der Waals surface area contributed by atoms with Crippen molar-refractivity contribution in [3.63, 3.8) is 0 Å². The van der Waals surface area contributed by atoms with Crippen LogP contribution < -0.4 is 11.2 Å². The number of esters is 1. The first-order valence-electron chi connectivity index (χ1n) is 6.37. The maximum absolute atomic E-state index is 11.9. The molecule has 2 heterocycles. The van der Waals surface area contributed by atoms with E-state index in [9.17, 15) is 29.7 Å². The molecular formula is C12H16N2O8. The van der Waals surface area contributed by atoms with E-state index in [0.29, 0.717) is 0 Å². The van der Waals surface area contributed by atoms with Gasteiger partial charge in [0.25, 0.3) is 11.3 Å². The third-order valence-electron chi connectivity index (χ3n) is 3.56. The Morgan fingerprint density at radius 3 is 2.68 bits per heavy atom. The van der Waals surface area contributed by atoms with E-state index in [1.165, 1.54) is 6.92 Å². The van der Waals surface area contributed by atoms with Crippen molar-refractivity contribution in [2.24, 2.45) is 0 Å². The molecule has 0 bridgehead atoms. The number of hydrogen-bond acceptors (Lipinski definition) is 8. The maximum Gasteiger partial charge on any atom is 0.330 e. The number of aliphatic hydroxyl groups is 3. The van der Waals surface area contributed by atoms with E-state index in [1.54, 1.807) is 0 Å². The number of aromatic nitrogens is 2. The molecule has 10 heteroatoms. The highest BCUT2D eigenvalue weighted by Gasteiger charge is 2.67. The first kappa shape index (κ1) is 16.4. The number of carbonyl (C=O) groups excluding carboxylic acids is 1. The van der Waals surface area contributed by atoms with E-state index in [0.717, 1.165) is 23.8 Å². The summed E-state index contributed by atoms with van der Waals surface area (Å²) in [7, 11) is 0. The van der Waals surface area contributed by atoms with Gasteiger partial charge in [0.05, 0.1) is 6.61 Å². The highest BCUT2D eigenvalue weighted by molar-refractivity contribution is 5.66. The fraction of sp³-hybridized carbons (Fsp3) is 0.583. The third kappa shape index (κ3) is 2.25. The fourth-order valence-corrected chi connectivity index (χ4v) is 2.46. The normalized spacial score (nSPS) is 34.6. The zero-order chi connectivity index (χ0) is 16.7. The molecular weight excluding hydrogens is 300 g/mol. The highest BCUT2D eigenvalue weighted by Crippen LogP contribution is 2.43. The van der Waals surface area contributed by atoms with Crippen molar-refractivity contribution in [3.8, 4) is 0 Å². The lowest BCUT2D eigenvalue weighted by molar-refractivity contribution is -0.302. The van der Waals surface area contributed by atoms with E-state index in [-0.39, 0.29) is 0 Å². The van der Waals surface area contributed by atoms with Gasteiger partial charge in [-0.1, -0.05) is 0 Å². The molecule has 1 aromatic heterocycles. The summed E-state index contributed by atoms with van der Waals surface area (Å²) in [5.41, 5.74) is -3.70. The molecule has 1 aliphatic heterocycles. The molecule has 1 saturated heterocycles. The molecule has 0 unspecified atom stereocenters. The summed E-state index contributed by atoms with van der Waals surface area (Å²) in [6.07, 6.45) is -2.11. The maximum atomic E-state index is 11.9. The van der Waals surface area contributed by atoms with Crippen LogP contribution in [0.1, 0.15) is 13.8 Å². The largest absolute Gasteiger partial charge is 0.425 e. The van der Waals surface area contributed by atoms with Crippen molar-refractivity contribution in [1.82, 2.24) is 9.55 Å². The lowest BCUT2D eigenvalue weighted by atomic mass is 9.98. The van der Waals surface area contributed by atoms with Gasteiger partial charge >= 0.3 is 11.7 Å². The molecule has 0 aromatic carbocycles. The Hall–Kier alpha value is -2.01. The number of nitrogens with zero attached hydrogens (tertiary/aromatic N) is 1. The molecule has 4 atom stereocenters. The van der Waals surface area contributed by atoms with Crippen LogP contribution in [0.5, 0.6) is 0 Å². The number of nitrogens with one attached hydrogen (secondary N) is 1. The van der Waals surface area contributed by atoms with Gasteiger partial charge in [-0.3, -0.25) is 19.1 Å². The number of H-pyrrole nitrogens is 1. The first-order chi connectivity index (χ1) is 10.2. The lowest BCUT2D eigenvalue weighted by Gasteiger charge is -2.38. The molecule has 0 radical (unpaired) electrons. The number of aromatic amines is 1. The summed E-state index contributed by atoms with van der Waals surface area (Å²) in [4.78, 5) is 36.3. The highest BCUT2D eigenvalue weighted by atomic mass is 16.7. The van der Waals surface area contributed by atoms with Gasteiger partial charge in [0, 0.05) is 19.2 Å². The van der Waals surface area contributed by atoms with Gasteiger partial charge < -0.3 is 24.8 Å². The molecule has 0 amide bonds. The number of hydrogen-bond donors (Lipinski definition) is 4. The topological polar surface area (TPSA) is 151 Å². The van der Waals surface area contributed by atoms with E-state index in [1.807, 2.05) is 4.98 Å². The molecule has 0 saturated carbocycles. The van der Waals surface area contributed by atoms with Crippen LogP contribution in [-0.2, 0) is 20.0 Å². The molecule has 1 aliphatic rings. The van der Waals surface area contributed by atoms with Crippen molar-refractivity contribution in [3.05, 3.63) is 33.1 Å². The molecule has 4 N–H and O–H groups in total. The zero-order valence-corrected chi connectivity index (χ0v) is 11.8. The van der Waals surface area contributed by atoms with Gasteiger partial charge in [-0.15, -0.1) is 0 Å². The Labute approximate surface area is 123 Å². The van der Waals surface area contributed by atoms with Gasteiger partial charge in [-0.05, 0) is 6.92 Å². The summed E-state index contributed by atoms with van der Waals surface area (Å²) < 4.78 is 10.9. The monoisotopic (exact) mass is 316 g/mol. The Morgan fingerprint density at radius 2 is 2.18 bits per heavy atom. The van der Waals surface area contributed by atoms with Gasteiger partial charge in [-0.2, -0.15) is 0 Å². The zero-order valence-electron chi connectivity index (χ0n) is 11.8. The van der Waals surface area contributed by atoms with Crippen LogP contribution in [0.2, 0.25) is 0 Å². The molecule has 2 rings (SSSR count). The molecule has 1 aromatic rings. The van der Waals surface area contributed by atoms with E-state index in [4.69, 9.17) is 9.47 Å².